The lowest BCUT2D eigenvalue weighted by Gasteiger charge is -2.43. The Morgan fingerprint density at radius 2 is 1.95 bits per heavy atom. The van der Waals surface area contributed by atoms with Crippen LogP contribution < -0.4 is 0 Å². The van der Waals surface area contributed by atoms with Crippen molar-refractivity contribution in [2.24, 2.45) is 11.8 Å². The fourth-order valence-electron chi connectivity index (χ4n) is 5.40. The van der Waals surface area contributed by atoms with Crippen LogP contribution in [0.4, 0.5) is 9.18 Å². The van der Waals surface area contributed by atoms with Crippen molar-refractivity contribution >= 4 is 12.0 Å². The molecule has 3 atom stereocenters. The largest absolute Gasteiger partial charge is 0.465 e. The van der Waals surface area contributed by atoms with Gasteiger partial charge in [-0.1, -0.05) is 51.0 Å². The van der Waals surface area contributed by atoms with Crippen LogP contribution in [0.3, 0.4) is 0 Å². The standard InChI is InChI=1S/C29H44FN5O5/c1-5-6-14-26(36)21-16-22(19-33(18-21)29(38)39)34(17-20(2)3)28(37)27-25(13-9-10-15-40-4)35(32-31-27)24-12-8-7-11-23(24)30/h7-8,11-12,20-22,26,36H,5-6,9-10,13-19H2,1-4H3,(H,38,39)/t21-,22+,26?/m1/s1. The summed E-state index contributed by atoms with van der Waals surface area (Å²) in [6, 6.07) is 5.78. The Morgan fingerprint density at radius 3 is 2.60 bits per heavy atom. The number of para-hydroxylation sites is 1. The molecular weight excluding hydrogens is 517 g/mol. The van der Waals surface area contributed by atoms with Crippen LogP contribution in [0.25, 0.3) is 5.69 Å². The minimum Gasteiger partial charge on any atom is -0.465 e. The first-order valence-corrected chi connectivity index (χ1v) is 14.3. The second kappa shape index (κ2) is 15.1. The Bertz CT molecular complexity index is 1110. The molecule has 1 unspecified atom stereocenters. The minimum atomic E-state index is -1.07. The lowest BCUT2D eigenvalue weighted by Crippen LogP contribution is -2.56. The topological polar surface area (TPSA) is 121 Å². The SMILES string of the molecule is CCCCC(O)[C@@H]1C[C@H](N(CC(C)C)C(=O)c2nnn(-c3ccccc3F)c2CCCCOC)CN(C(=O)O)C1. The number of hydrogen-bond acceptors (Lipinski definition) is 6. The highest BCUT2D eigenvalue weighted by molar-refractivity contribution is 5.93. The molecule has 11 heteroatoms. The van der Waals surface area contributed by atoms with Crippen molar-refractivity contribution in [3.8, 4) is 5.69 Å². The van der Waals surface area contributed by atoms with Crippen LogP contribution in [0.2, 0.25) is 0 Å². The van der Waals surface area contributed by atoms with E-state index in [0.29, 0.717) is 44.5 Å². The van der Waals surface area contributed by atoms with Crippen LogP contribution in [0, 0.1) is 17.7 Å². The summed E-state index contributed by atoms with van der Waals surface area (Å²) in [4.78, 5) is 29.3. The third kappa shape index (κ3) is 8.00. The van der Waals surface area contributed by atoms with Gasteiger partial charge in [-0.2, -0.15) is 0 Å². The molecule has 1 saturated heterocycles. The van der Waals surface area contributed by atoms with Crippen molar-refractivity contribution < 1.29 is 28.9 Å². The van der Waals surface area contributed by atoms with Crippen LogP contribution >= 0.6 is 0 Å². The summed E-state index contributed by atoms with van der Waals surface area (Å²) < 4.78 is 21.3. The molecule has 0 saturated carbocycles. The monoisotopic (exact) mass is 561 g/mol. The van der Waals surface area contributed by atoms with Crippen LogP contribution in [-0.4, -0.2) is 92.5 Å². The van der Waals surface area contributed by atoms with Gasteiger partial charge in [0.05, 0.1) is 17.8 Å². The number of unbranched alkanes of at least 4 members (excludes halogenated alkanes) is 2. The van der Waals surface area contributed by atoms with Crippen LogP contribution in [0.5, 0.6) is 0 Å². The number of nitrogens with zero attached hydrogens (tertiary/aromatic N) is 5. The molecule has 1 aliphatic heterocycles. The lowest BCUT2D eigenvalue weighted by atomic mass is 9.86. The molecule has 0 aliphatic carbocycles. The predicted octanol–water partition coefficient (Wildman–Crippen LogP) is 4.39. The quantitative estimate of drug-likeness (QED) is 0.328. The van der Waals surface area contributed by atoms with Crippen LogP contribution in [0.1, 0.15) is 75.5 Å². The van der Waals surface area contributed by atoms with Crippen molar-refractivity contribution in [2.45, 2.75) is 77.9 Å². The molecule has 0 spiro atoms. The maximum atomic E-state index is 14.8. The number of likely N-dealkylation sites (tertiary alicyclic amines) is 1. The fourth-order valence-corrected chi connectivity index (χ4v) is 5.40. The number of halogens is 1. The number of methoxy groups -OCH3 is 1. The number of amides is 2. The third-order valence-corrected chi connectivity index (χ3v) is 7.45. The van der Waals surface area contributed by atoms with Gasteiger partial charge in [-0.25, -0.2) is 13.9 Å². The van der Waals surface area contributed by atoms with Gasteiger partial charge < -0.3 is 24.7 Å². The molecule has 1 aliphatic rings. The summed E-state index contributed by atoms with van der Waals surface area (Å²) in [5, 5.41) is 29.2. The number of ether oxygens (including phenoxy) is 1. The third-order valence-electron chi connectivity index (χ3n) is 7.45. The normalized spacial score (nSPS) is 18.2. The minimum absolute atomic E-state index is 0.0967. The second-order valence-corrected chi connectivity index (χ2v) is 11.1. The Kier molecular flexibility index (Phi) is 11.9. The van der Waals surface area contributed by atoms with Crippen molar-refractivity contribution in [1.82, 2.24) is 24.8 Å². The molecule has 10 nitrogen and oxygen atoms in total. The maximum absolute atomic E-state index is 14.8. The first-order chi connectivity index (χ1) is 19.2. The Labute approximate surface area is 236 Å². The number of hydrogen-bond donors (Lipinski definition) is 2. The molecule has 2 amide bonds. The number of piperidine rings is 1. The number of carbonyl (C=O) groups excluding carboxylic acids is 1. The molecule has 0 bridgehead atoms. The molecule has 0 radical (unpaired) electrons. The van der Waals surface area contributed by atoms with Crippen molar-refractivity contribution in [1.29, 1.82) is 0 Å². The molecule has 1 fully saturated rings. The number of aliphatic hydroxyl groups is 1. The van der Waals surface area contributed by atoms with Gasteiger partial charge in [0.15, 0.2) is 5.69 Å². The number of rotatable bonds is 14. The van der Waals surface area contributed by atoms with E-state index < -0.39 is 24.1 Å². The van der Waals surface area contributed by atoms with Gasteiger partial charge in [-0.05, 0) is 50.2 Å². The summed E-state index contributed by atoms with van der Waals surface area (Å²) in [6.07, 6.45) is 2.98. The van der Waals surface area contributed by atoms with Crippen molar-refractivity contribution in [2.75, 3.05) is 33.4 Å². The van der Waals surface area contributed by atoms with Gasteiger partial charge in [0.2, 0.25) is 0 Å². The highest BCUT2D eigenvalue weighted by atomic mass is 19.1. The van der Waals surface area contributed by atoms with E-state index in [1.54, 1.807) is 30.2 Å². The van der Waals surface area contributed by atoms with Gasteiger partial charge >= 0.3 is 6.09 Å². The first kappa shape index (κ1) is 31.5. The van der Waals surface area contributed by atoms with E-state index >= 15 is 0 Å². The summed E-state index contributed by atoms with van der Waals surface area (Å²) in [7, 11) is 1.63. The molecule has 1 aromatic heterocycles. The number of aromatic nitrogens is 3. The summed E-state index contributed by atoms with van der Waals surface area (Å²) >= 11 is 0. The van der Waals surface area contributed by atoms with Gasteiger partial charge in [0.25, 0.3) is 5.91 Å². The highest BCUT2D eigenvalue weighted by Gasteiger charge is 2.39. The molecule has 222 valence electrons. The number of carboxylic acid groups (broad SMARTS) is 1. The van der Waals surface area contributed by atoms with E-state index in [9.17, 15) is 24.2 Å². The van der Waals surface area contributed by atoms with E-state index in [1.807, 2.05) is 20.8 Å². The first-order valence-electron chi connectivity index (χ1n) is 14.3. The molecule has 2 N–H and O–H groups in total. The van der Waals surface area contributed by atoms with Crippen LogP contribution in [0.15, 0.2) is 24.3 Å². The Balaban J connectivity index is 1.99. The zero-order chi connectivity index (χ0) is 29.2. The van der Waals surface area contributed by atoms with E-state index in [2.05, 4.69) is 10.3 Å². The fraction of sp³-hybridized carbons (Fsp3) is 0.655. The van der Waals surface area contributed by atoms with Crippen LogP contribution in [-0.2, 0) is 11.2 Å². The van der Waals surface area contributed by atoms with Gasteiger partial charge in [-0.15, -0.1) is 5.10 Å². The van der Waals surface area contributed by atoms with Gasteiger partial charge in [0.1, 0.15) is 11.5 Å². The summed E-state index contributed by atoms with van der Waals surface area (Å²) in [6.45, 7) is 7.35. The Hall–Kier alpha value is -3.05. The zero-order valence-corrected chi connectivity index (χ0v) is 24.1. The average molecular weight is 562 g/mol. The lowest BCUT2D eigenvalue weighted by molar-refractivity contribution is 0.00513. The maximum Gasteiger partial charge on any atom is 0.407 e. The van der Waals surface area contributed by atoms with Crippen molar-refractivity contribution in [3.05, 3.63) is 41.5 Å². The highest BCUT2D eigenvalue weighted by Crippen LogP contribution is 2.29. The van der Waals surface area contributed by atoms with E-state index in [4.69, 9.17) is 4.74 Å². The molecular formula is C29H44FN5O5. The Morgan fingerprint density at radius 1 is 1.20 bits per heavy atom. The van der Waals surface area contributed by atoms with Crippen molar-refractivity contribution in [3.63, 3.8) is 0 Å². The second-order valence-electron chi connectivity index (χ2n) is 11.1. The van der Waals surface area contributed by atoms with E-state index in [-0.39, 0.29) is 42.2 Å². The molecule has 2 aromatic rings. The smallest absolute Gasteiger partial charge is 0.407 e. The average Bonchev–Trinajstić information content (AvgIpc) is 3.35. The van der Waals surface area contributed by atoms with Gasteiger partial charge in [0, 0.05) is 39.3 Å². The molecule has 2 heterocycles. The predicted molar refractivity (Wildman–Crippen MR) is 149 cm³/mol. The number of benzene rings is 1. The number of carbonyl (C=O) groups is 2. The zero-order valence-electron chi connectivity index (χ0n) is 24.1. The molecule has 1 aromatic carbocycles. The molecule has 40 heavy (non-hydrogen) atoms. The summed E-state index contributed by atoms with van der Waals surface area (Å²) in [5.41, 5.74) is 0.849. The summed E-state index contributed by atoms with van der Waals surface area (Å²) in [5.74, 6) is -1.03. The molecule has 3 rings (SSSR count). The van der Waals surface area contributed by atoms with E-state index in [0.717, 1.165) is 19.3 Å². The van der Waals surface area contributed by atoms with E-state index in [1.165, 1.54) is 15.6 Å². The van der Waals surface area contributed by atoms with Gasteiger partial charge in [-0.3, -0.25) is 4.79 Å². The number of aliphatic hydroxyl groups excluding tert-OH is 1.